The Balaban J connectivity index is 1.67. The summed E-state index contributed by atoms with van der Waals surface area (Å²) in [6, 6.07) is 4.05. The number of carbonyl (C=O) groups is 1. The van der Waals surface area contributed by atoms with Gasteiger partial charge in [0.15, 0.2) is 0 Å². The van der Waals surface area contributed by atoms with Gasteiger partial charge >= 0.3 is 0 Å². The van der Waals surface area contributed by atoms with Crippen molar-refractivity contribution in [3.8, 4) is 9.88 Å². The lowest BCUT2D eigenvalue weighted by Crippen LogP contribution is -2.42. The highest BCUT2D eigenvalue weighted by Crippen LogP contribution is 2.31. The fourth-order valence-corrected chi connectivity index (χ4v) is 4.47. The lowest BCUT2D eigenvalue weighted by Gasteiger charge is -2.34. The number of hydrogen-bond donors (Lipinski definition) is 2. The Labute approximate surface area is 139 Å². The fourth-order valence-electron chi connectivity index (χ4n) is 2.69. The molecule has 1 fully saturated rings. The van der Waals surface area contributed by atoms with Gasteiger partial charge in [0.2, 0.25) is 0 Å². The smallest absolute Gasteiger partial charge is 0.263 e. The van der Waals surface area contributed by atoms with E-state index in [4.69, 9.17) is 0 Å². The van der Waals surface area contributed by atoms with Crippen molar-refractivity contribution >= 4 is 28.6 Å². The first-order chi connectivity index (χ1) is 10.6. The van der Waals surface area contributed by atoms with E-state index in [0.717, 1.165) is 52.9 Å². The predicted molar refractivity (Wildman–Crippen MR) is 92.7 cm³/mol. The van der Waals surface area contributed by atoms with E-state index in [1.165, 1.54) is 11.3 Å². The standard InChI is InChI=1S/C16H21N3OS2/c1-11-13(22-15(19-11)12-4-3-9-21-12)14(20)18-10-16(2)5-7-17-8-6-16/h3-4,9,17H,5-8,10H2,1-2H3,(H,18,20). The molecule has 0 aliphatic carbocycles. The number of rotatable bonds is 4. The van der Waals surface area contributed by atoms with Crippen molar-refractivity contribution in [1.29, 1.82) is 0 Å². The van der Waals surface area contributed by atoms with Crippen LogP contribution in [0.5, 0.6) is 0 Å². The van der Waals surface area contributed by atoms with Gasteiger partial charge in [0.25, 0.3) is 5.91 Å². The van der Waals surface area contributed by atoms with Crippen LogP contribution in [0, 0.1) is 12.3 Å². The molecule has 1 amide bonds. The number of piperidine rings is 1. The number of carbonyl (C=O) groups excluding carboxylic acids is 1. The molecule has 1 aliphatic rings. The molecule has 2 aromatic heterocycles. The predicted octanol–water partition coefficient (Wildman–Crippen LogP) is 3.30. The Morgan fingerprint density at radius 1 is 1.45 bits per heavy atom. The van der Waals surface area contributed by atoms with Gasteiger partial charge < -0.3 is 10.6 Å². The molecule has 0 aromatic carbocycles. The molecule has 3 rings (SSSR count). The zero-order valence-corrected chi connectivity index (χ0v) is 14.6. The summed E-state index contributed by atoms with van der Waals surface area (Å²) in [7, 11) is 0. The van der Waals surface area contributed by atoms with E-state index in [-0.39, 0.29) is 11.3 Å². The number of nitrogens with one attached hydrogen (secondary N) is 2. The molecule has 0 unspecified atom stereocenters. The van der Waals surface area contributed by atoms with Crippen molar-refractivity contribution in [2.75, 3.05) is 19.6 Å². The first-order valence-electron chi connectivity index (χ1n) is 7.58. The van der Waals surface area contributed by atoms with Gasteiger partial charge in [-0.25, -0.2) is 4.98 Å². The number of nitrogens with zero attached hydrogens (tertiary/aromatic N) is 1. The maximum Gasteiger partial charge on any atom is 0.263 e. The van der Waals surface area contributed by atoms with Crippen LogP contribution in [0.4, 0.5) is 0 Å². The van der Waals surface area contributed by atoms with Crippen LogP contribution in [-0.2, 0) is 0 Å². The first-order valence-corrected chi connectivity index (χ1v) is 9.27. The number of thiazole rings is 1. The summed E-state index contributed by atoms with van der Waals surface area (Å²) in [6.07, 6.45) is 2.21. The third kappa shape index (κ3) is 3.39. The van der Waals surface area contributed by atoms with E-state index in [1.807, 2.05) is 24.4 Å². The highest BCUT2D eigenvalue weighted by molar-refractivity contribution is 7.22. The second kappa shape index (κ2) is 6.48. The summed E-state index contributed by atoms with van der Waals surface area (Å²) in [4.78, 5) is 18.9. The molecule has 1 aliphatic heterocycles. The van der Waals surface area contributed by atoms with E-state index in [2.05, 4.69) is 22.5 Å². The van der Waals surface area contributed by atoms with Gasteiger partial charge in [0, 0.05) is 6.54 Å². The Bertz CT molecular complexity index is 642. The molecule has 6 heteroatoms. The molecule has 0 atom stereocenters. The minimum absolute atomic E-state index is 0.0116. The molecule has 4 nitrogen and oxygen atoms in total. The van der Waals surface area contributed by atoms with Crippen molar-refractivity contribution < 1.29 is 4.79 Å². The molecule has 22 heavy (non-hydrogen) atoms. The summed E-state index contributed by atoms with van der Waals surface area (Å²) in [5.41, 5.74) is 1.03. The minimum atomic E-state index is 0.0116. The number of thiophene rings is 1. The number of aryl methyl sites for hydroxylation is 1. The van der Waals surface area contributed by atoms with Crippen LogP contribution in [0.2, 0.25) is 0 Å². The Morgan fingerprint density at radius 2 is 2.23 bits per heavy atom. The Morgan fingerprint density at radius 3 is 2.91 bits per heavy atom. The molecular weight excluding hydrogens is 314 g/mol. The van der Waals surface area contributed by atoms with E-state index in [9.17, 15) is 4.79 Å². The monoisotopic (exact) mass is 335 g/mol. The highest BCUT2D eigenvalue weighted by Gasteiger charge is 2.28. The molecule has 0 bridgehead atoms. The maximum absolute atomic E-state index is 12.5. The van der Waals surface area contributed by atoms with Gasteiger partial charge in [-0.15, -0.1) is 22.7 Å². The van der Waals surface area contributed by atoms with Crippen LogP contribution in [0.25, 0.3) is 9.88 Å². The third-order valence-electron chi connectivity index (χ3n) is 4.22. The molecule has 2 N–H and O–H groups in total. The zero-order valence-electron chi connectivity index (χ0n) is 12.9. The van der Waals surface area contributed by atoms with Crippen LogP contribution < -0.4 is 10.6 Å². The van der Waals surface area contributed by atoms with Gasteiger partial charge in [-0.05, 0) is 49.7 Å². The topological polar surface area (TPSA) is 54.0 Å². The molecule has 118 valence electrons. The van der Waals surface area contributed by atoms with E-state index in [1.54, 1.807) is 11.3 Å². The number of hydrogen-bond acceptors (Lipinski definition) is 5. The van der Waals surface area contributed by atoms with Gasteiger partial charge in [0.1, 0.15) is 9.88 Å². The summed E-state index contributed by atoms with van der Waals surface area (Å²) in [6.45, 7) is 6.97. The summed E-state index contributed by atoms with van der Waals surface area (Å²) < 4.78 is 0. The Hall–Kier alpha value is -1.24. The lowest BCUT2D eigenvalue weighted by molar-refractivity contribution is 0.0925. The Kier molecular flexibility index (Phi) is 4.61. The SMILES string of the molecule is Cc1nc(-c2cccs2)sc1C(=O)NCC1(C)CCNCC1. The third-order valence-corrected chi connectivity index (χ3v) is 6.42. The van der Waals surface area contributed by atoms with Crippen LogP contribution in [0.3, 0.4) is 0 Å². The van der Waals surface area contributed by atoms with Crippen molar-refractivity contribution in [2.24, 2.45) is 5.41 Å². The van der Waals surface area contributed by atoms with E-state index < -0.39 is 0 Å². The van der Waals surface area contributed by atoms with Gasteiger partial charge in [-0.2, -0.15) is 0 Å². The molecular formula is C16H21N3OS2. The van der Waals surface area contributed by atoms with Crippen LogP contribution in [0.1, 0.15) is 35.1 Å². The average molecular weight is 335 g/mol. The van der Waals surface area contributed by atoms with Gasteiger partial charge in [0.05, 0.1) is 10.6 Å². The molecule has 0 radical (unpaired) electrons. The van der Waals surface area contributed by atoms with Crippen molar-refractivity contribution in [3.63, 3.8) is 0 Å². The van der Waals surface area contributed by atoms with Gasteiger partial charge in [-0.1, -0.05) is 13.0 Å². The number of amides is 1. The lowest BCUT2D eigenvalue weighted by atomic mass is 9.81. The van der Waals surface area contributed by atoms with Gasteiger partial charge in [-0.3, -0.25) is 4.79 Å². The molecule has 2 aromatic rings. The zero-order chi connectivity index (χ0) is 15.6. The van der Waals surface area contributed by atoms with Crippen LogP contribution >= 0.6 is 22.7 Å². The van der Waals surface area contributed by atoms with Crippen molar-refractivity contribution in [2.45, 2.75) is 26.7 Å². The summed E-state index contributed by atoms with van der Waals surface area (Å²) >= 11 is 3.14. The quantitative estimate of drug-likeness (QED) is 0.901. The van der Waals surface area contributed by atoms with E-state index in [0.29, 0.717) is 0 Å². The normalized spacial score (nSPS) is 17.4. The maximum atomic E-state index is 12.5. The minimum Gasteiger partial charge on any atom is -0.351 e. The molecule has 0 spiro atoms. The molecule has 0 saturated carbocycles. The van der Waals surface area contributed by atoms with Crippen LogP contribution in [-0.4, -0.2) is 30.5 Å². The fraction of sp³-hybridized carbons (Fsp3) is 0.500. The molecule has 1 saturated heterocycles. The number of aromatic nitrogens is 1. The first kappa shape index (κ1) is 15.6. The van der Waals surface area contributed by atoms with Crippen molar-refractivity contribution in [3.05, 3.63) is 28.1 Å². The summed E-state index contributed by atoms with van der Waals surface area (Å²) in [5.74, 6) is 0.0116. The van der Waals surface area contributed by atoms with Crippen LogP contribution in [0.15, 0.2) is 17.5 Å². The average Bonchev–Trinajstić information content (AvgIpc) is 3.15. The summed E-state index contributed by atoms with van der Waals surface area (Å²) in [5, 5.41) is 9.45. The van der Waals surface area contributed by atoms with E-state index >= 15 is 0 Å². The largest absolute Gasteiger partial charge is 0.351 e. The van der Waals surface area contributed by atoms with Crippen molar-refractivity contribution in [1.82, 2.24) is 15.6 Å². The molecule has 3 heterocycles. The second-order valence-electron chi connectivity index (χ2n) is 6.15. The second-order valence-corrected chi connectivity index (χ2v) is 8.10. The highest BCUT2D eigenvalue weighted by atomic mass is 32.1.